The lowest BCUT2D eigenvalue weighted by atomic mass is 9.80. The summed E-state index contributed by atoms with van der Waals surface area (Å²) >= 11 is 0. The molecule has 4 N–H and O–H groups in total. The Morgan fingerprint density at radius 3 is 0.771 bits per heavy atom. The molecule has 0 bridgehead atoms. The van der Waals surface area contributed by atoms with Gasteiger partial charge in [0.2, 0.25) is 0 Å². The van der Waals surface area contributed by atoms with Crippen LogP contribution in [0.3, 0.4) is 0 Å². The van der Waals surface area contributed by atoms with Crippen molar-refractivity contribution < 1.29 is 37.8 Å². The number of aryl methyl sites for hydroxylation is 8. The molecule has 0 unspecified atom stereocenters. The van der Waals surface area contributed by atoms with E-state index in [4.69, 9.17) is 9.05 Å². The minimum absolute atomic E-state index is 0.134. The van der Waals surface area contributed by atoms with Gasteiger partial charge < -0.3 is 9.05 Å². The molecule has 0 amide bonds. The van der Waals surface area contributed by atoms with Crippen LogP contribution in [0, 0.1) is 55.4 Å². The van der Waals surface area contributed by atoms with E-state index >= 15 is 0 Å². The Morgan fingerprint density at radius 2 is 0.604 bits per heavy atom. The molecule has 0 saturated carbocycles. The predicted molar refractivity (Wildman–Crippen MR) is 191 cm³/mol. The molecule has 250 valence electrons. The second-order valence-corrected chi connectivity index (χ2v) is 14.9. The molecule has 0 saturated heterocycles. The van der Waals surface area contributed by atoms with Crippen molar-refractivity contribution in [1.29, 1.82) is 0 Å². The first-order valence-electron chi connectivity index (χ1n) is 15.4. The Morgan fingerprint density at radius 1 is 0.396 bits per heavy atom. The van der Waals surface area contributed by atoms with E-state index in [1.807, 2.05) is 128 Å². The van der Waals surface area contributed by atoms with Crippen molar-refractivity contribution in [3.05, 3.63) is 117 Å². The van der Waals surface area contributed by atoms with Crippen LogP contribution in [0.5, 0.6) is 11.5 Å². The highest BCUT2D eigenvalue weighted by atomic mass is 31.2. The number of rotatable bonds is 8. The maximum Gasteiger partial charge on any atom is 0.524 e. The monoisotopic (exact) mass is 686 g/mol. The Balaban J connectivity index is 2.23. The molecular formula is C38H40O8P2. The van der Waals surface area contributed by atoms with Gasteiger partial charge in [-0.1, -0.05) is 95.1 Å². The van der Waals surface area contributed by atoms with E-state index in [2.05, 4.69) is 0 Å². The van der Waals surface area contributed by atoms with E-state index in [-0.39, 0.29) is 33.8 Å². The molecule has 5 rings (SSSR count). The van der Waals surface area contributed by atoms with Crippen molar-refractivity contribution >= 4 is 15.6 Å². The third-order valence-corrected chi connectivity index (χ3v) is 9.27. The van der Waals surface area contributed by atoms with Crippen molar-refractivity contribution in [2.75, 3.05) is 0 Å². The van der Waals surface area contributed by atoms with E-state index in [0.717, 1.165) is 44.5 Å². The van der Waals surface area contributed by atoms with Gasteiger partial charge >= 0.3 is 15.6 Å². The molecule has 0 aromatic heterocycles. The molecule has 0 atom stereocenters. The number of benzene rings is 5. The second-order valence-electron chi connectivity index (χ2n) is 12.6. The van der Waals surface area contributed by atoms with E-state index in [1.165, 1.54) is 0 Å². The molecule has 48 heavy (non-hydrogen) atoms. The van der Waals surface area contributed by atoms with Gasteiger partial charge in [-0.2, -0.15) is 0 Å². The number of phosphoric ester groups is 2. The summed E-state index contributed by atoms with van der Waals surface area (Å²) < 4.78 is 37.6. The lowest BCUT2D eigenvalue weighted by Crippen LogP contribution is -2.07. The fraction of sp³-hybridized carbons (Fsp3) is 0.211. The average molecular weight is 687 g/mol. The second kappa shape index (κ2) is 13.1. The largest absolute Gasteiger partial charge is 0.524 e. The predicted octanol–water partition coefficient (Wildman–Crippen LogP) is 9.76. The quantitative estimate of drug-likeness (QED) is 0.119. The normalized spacial score (nSPS) is 11.9. The molecule has 10 heteroatoms. The molecule has 0 fully saturated rings. The van der Waals surface area contributed by atoms with Crippen molar-refractivity contribution in [1.82, 2.24) is 0 Å². The zero-order valence-corrected chi connectivity index (χ0v) is 30.0. The van der Waals surface area contributed by atoms with Crippen LogP contribution in [0.15, 0.2) is 72.8 Å². The van der Waals surface area contributed by atoms with Gasteiger partial charge in [0, 0.05) is 22.3 Å². The molecule has 0 aliphatic rings. The fourth-order valence-electron chi connectivity index (χ4n) is 6.53. The Labute approximate surface area is 281 Å². The van der Waals surface area contributed by atoms with Crippen LogP contribution in [0.1, 0.15) is 44.5 Å². The fourth-order valence-corrected chi connectivity index (χ4v) is 7.37. The maximum atomic E-state index is 13.0. The summed E-state index contributed by atoms with van der Waals surface area (Å²) in [5, 5.41) is 0. The lowest BCUT2D eigenvalue weighted by Gasteiger charge is -2.29. The minimum Gasteiger partial charge on any atom is -0.403 e. The highest BCUT2D eigenvalue weighted by Crippen LogP contribution is 2.62. The van der Waals surface area contributed by atoms with E-state index < -0.39 is 15.6 Å². The molecule has 0 heterocycles. The van der Waals surface area contributed by atoms with Crippen LogP contribution in [0.2, 0.25) is 0 Å². The van der Waals surface area contributed by atoms with Crippen LogP contribution in [-0.2, 0) is 9.13 Å². The first kappa shape index (κ1) is 35.3. The van der Waals surface area contributed by atoms with Crippen LogP contribution in [0.4, 0.5) is 0 Å². The van der Waals surface area contributed by atoms with E-state index in [9.17, 15) is 28.7 Å². The summed E-state index contributed by atoms with van der Waals surface area (Å²) in [5.74, 6) is -0.268. The summed E-state index contributed by atoms with van der Waals surface area (Å²) in [6, 6.07) is 22.5. The first-order valence-corrected chi connectivity index (χ1v) is 18.5. The maximum absolute atomic E-state index is 13.0. The van der Waals surface area contributed by atoms with Gasteiger partial charge in [-0.3, -0.25) is 19.6 Å². The molecule has 0 aliphatic heterocycles. The van der Waals surface area contributed by atoms with Crippen LogP contribution < -0.4 is 9.05 Å². The van der Waals surface area contributed by atoms with E-state index in [1.54, 1.807) is 0 Å². The van der Waals surface area contributed by atoms with Crippen molar-refractivity contribution in [2.24, 2.45) is 0 Å². The first-order chi connectivity index (χ1) is 22.3. The molecule has 0 aliphatic carbocycles. The number of hydrogen-bond acceptors (Lipinski definition) is 4. The van der Waals surface area contributed by atoms with E-state index in [0.29, 0.717) is 22.3 Å². The van der Waals surface area contributed by atoms with Gasteiger partial charge in [0.1, 0.15) is 11.5 Å². The summed E-state index contributed by atoms with van der Waals surface area (Å²) in [6.07, 6.45) is 0. The molecule has 0 radical (unpaired) electrons. The SMILES string of the molecule is Cc1ccc(-c2c(OP(=O)(O)O)c(-c3ccc(C)cc3C)c(-c3ccc(C)cc3C)c(OP(=O)(O)O)c2-c2ccc(C)cc2C)c(C)c1. The van der Waals surface area contributed by atoms with Gasteiger partial charge in [0.25, 0.3) is 0 Å². The average Bonchev–Trinajstić information content (AvgIpc) is 2.93. The molecule has 8 nitrogen and oxygen atoms in total. The van der Waals surface area contributed by atoms with Crippen LogP contribution in [0.25, 0.3) is 44.5 Å². The standard InChI is InChI=1S/C38H40O8P2/c1-21-9-13-29(25(5)17-21)33-34(30-14-10-22(2)18-26(30)6)38(46-48(42,43)44)36(32-16-12-24(4)20-28(32)8)35(37(33)45-47(39,40)41)31-15-11-23(3)19-27(31)7/h9-20H,1-8H3,(H2,39,40,41)(H2,42,43,44). The number of hydrogen-bond donors (Lipinski definition) is 4. The molecular weight excluding hydrogens is 646 g/mol. The van der Waals surface area contributed by atoms with Gasteiger partial charge in [-0.15, -0.1) is 0 Å². The summed E-state index contributed by atoms with van der Waals surface area (Å²) in [4.78, 5) is 42.1. The zero-order chi connectivity index (χ0) is 35.3. The van der Waals surface area contributed by atoms with Crippen molar-refractivity contribution in [2.45, 2.75) is 55.4 Å². The topological polar surface area (TPSA) is 134 Å². The van der Waals surface area contributed by atoms with Gasteiger partial charge in [0.15, 0.2) is 0 Å². The molecule has 5 aromatic rings. The third kappa shape index (κ3) is 7.35. The third-order valence-electron chi connectivity index (χ3n) is 8.43. The Bertz CT molecular complexity index is 1890. The zero-order valence-electron chi connectivity index (χ0n) is 28.2. The Kier molecular flexibility index (Phi) is 9.66. The summed E-state index contributed by atoms with van der Waals surface area (Å²) in [5.41, 5.74) is 9.95. The highest BCUT2D eigenvalue weighted by molar-refractivity contribution is 7.47. The summed E-state index contributed by atoms with van der Waals surface area (Å²) in [6.45, 7) is 15.2. The highest BCUT2D eigenvalue weighted by Gasteiger charge is 2.36. The van der Waals surface area contributed by atoms with Crippen molar-refractivity contribution in [3.8, 4) is 56.0 Å². The van der Waals surface area contributed by atoms with Crippen LogP contribution >= 0.6 is 15.6 Å². The van der Waals surface area contributed by atoms with Crippen molar-refractivity contribution in [3.63, 3.8) is 0 Å². The van der Waals surface area contributed by atoms with Gasteiger partial charge in [-0.25, -0.2) is 9.13 Å². The van der Waals surface area contributed by atoms with Crippen LogP contribution in [-0.4, -0.2) is 19.6 Å². The lowest BCUT2D eigenvalue weighted by molar-refractivity contribution is 0.279. The molecule has 0 spiro atoms. The molecule has 5 aromatic carbocycles. The summed E-state index contributed by atoms with van der Waals surface area (Å²) in [7, 11) is -10.5. The minimum atomic E-state index is -5.24. The van der Waals surface area contributed by atoms with Gasteiger partial charge in [0.05, 0.1) is 0 Å². The van der Waals surface area contributed by atoms with Gasteiger partial charge in [-0.05, 0) is 99.9 Å². The Hall–Kier alpha value is -4.00. The smallest absolute Gasteiger partial charge is 0.403 e. The number of phosphoric acid groups is 2.